The van der Waals surface area contributed by atoms with Crippen LogP contribution < -0.4 is 9.47 Å². The van der Waals surface area contributed by atoms with Crippen molar-refractivity contribution in [1.82, 2.24) is 15.2 Å². The molecule has 3 aromatic rings. The first-order chi connectivity index (χ1) is 12.8. The Hall–Kier alpha value is -2.86. The molecule has 26 heavy (non-hydrogen) atoms. The van der Waals surface area contributed by atoms with Gasteiger partial charge >= 0.3 is 0 Å². The molecule has 1 fully saturated rings. The molecule has 134 valence electrons. The second-order valence-corrected chi connectivity index (χ2v) is 6.23. The van der Waals surface area contributed by atoms with Crippen LogP contribution in [-0.2, 0) is 11.2 Å². The highest BCUT2D eigenvalue weighted by atomic mass is 16.7. The Kier molecular flexibility index (Phi) is 4.84. The van der Waals surface area contributed by atoms with Gasteiger partial charge < -0.3 is 14.2 Å². The van der Waals surface area contributed by atoms with E-state index in [0.29, 0.717) is 11.5 Å². The van der Waals surface area contributed by atoms with Gasteiger partial charge in [-0.2, -0.15) is 5.10 Å². The minimum Gasteiger partial charge on any atom is -0.493 e. The molecule has 3 heterocycles. The molecule has 1 aromatic carbocycles. The minimum absolute atomic E-state index is 0.211. The molecule has 6 nitrogen and oxygen atoms in total. The van der Waals surface area contributed by atoms with Crippen molar-refractivity contribution in [1.29, 1.82) is 0 Å². The van der Waals surface area contributed by atoms with Gasteiger partial charge in [-0.1, -0.05) is 0 Å². The summed E-state index contributed by atoms with van der Waals surface area (Å²) in [7, 11) is 1.64. The van der Waals surface area contributed by atoms with Gasteiger partial charge in [-0.05, 0) is 42.3 Å². The average molecular weight is 351 g/mol. The molecule has 1 saturated heterocycles. The van der Waals surface area contributed by atoms with E-state index in [1.807, 2.05) is 36.5 Å². The lowest BCUT2D eigenvalue weighted by Crippen LogP contribution is -2.14. The molecule has 1 atom stereocenters. The van der Waals surface area contributed by atoms with Crippen molar-refractivity contribution < 1.29 is 14.2 Å². The van der Waals surface area contributed by atoms with Crippen molar-refractivity contribution in [2.24, 2.45) is 0 Å². The third-order valence-electron chi connectivity index (χ3n) is 4.46. The topological polar surface area (TPSA) is 69.3 Å². The third kappa shape index (κ3) is 3.55. The quantitative estimate of drug-likeness (QED) is 0.735. The zero-order chi connectivity index (χ0) is 17.8. The van der Waals surface area contributed by atoms with Crippen LogP contribution in [0.15, 0.2) is 48.9 Å². The van der Waals surface area contributed by atoms with Gasteiger partial charge in [-0.25, -0.2) is 0 Å². The van der Waals surface area contributed by atoms with E-state index in [4.69, 9.17) is 14.2 Å². The molecule has 1 unspecified atom stereocenters. The highest BCUT2D eigenvalue weighted by Gasteiger charge is 2.20. The minimum atomic E-state index is -0.211. The van der Waals surface area contributed by atoms with E-state index in [1.54, 1.807) is 19.5 Å². The van der Waals surface area contributed by atoms with Crippen molar-refractivity contribution in [2.45, 2.75) is 25.6 Å². The lowest BCUT2D eigenvalue weighted by atomic mass is 10.0. The maximum atomic E-state index is 6.00. The molecule has 0 spiro atoms. The number of pyridine rings is 1. The first-order valence-electron chi connectivity index (χ1n) is 8.71. The van der Waals surface area contributed by atoms with Gasteiger partial charge in [0.1, 0.15) is 0 Å². The highest BCUT2D eigenvalue weighted by molar-refractivity contribution is 5.67. The second kappa shape index (κ2) is 7.58. The monoisotopic (exact) mass is 351 g/mol. The molecular formula is C20H21N3O3. The van der Waals surface area contributed by atoms with Crippen LogP contribution in [0.2, 0.25) is 0 Å². The molecular weight excluding hydrogens is 330 g/mol. The molecule has 4 rings (SSSR count). The van der Waals surface area contributed by atoms with E-state index < -0.39 is 0 Å². The molecule has 1 N–H and O–H groups in total. The number of H-pyrrole nitrogens is 1. The van der Waals surface area contributed by atoms with Gasteiger partial charge in [0.05, 0.1) is 25.6 Å². The summed E-state index contributed by atoms with van der Waals surface area (Å²) < 4.78 is 17.0. The molecule has 0 saturated carbocycles. The number of benzene rings is 1. The smallest absolute Gasteiger partial charge is 0.200 e. The van der Waals surface area contributed by atoms with Crippen molar-refractivity contribution in [3.63, 3.8) is 0 Å². The highest BCUT2D eigenvalue weighted by Crippen LogP contribution is 2.35. The van der Waals surface area contributed by atoms with Crippen molar-refractivity contribution in [3.05, 3.63) is 60.0 Å². The Labute approximate surface area is 152 Å². The Morgan fingerprint density at radius 2 is 2.08 bits per heavy atom. The van der Waals surface area contributed by atoms with E-state index in [1.165, 1.54) is 5.56 Å². The molecule has 6 heteroatoms. The van der Waals surface area contributed by atoms with E-state index in [0.717, 1.165) is 42.7 Å². The van der Waals surface area contributed by atoms with Crippen LogP contribution in [0.3, 0.4) is 0 Å². The lowest BCUT2D eigenvalue weighted by molar-refractivity contribution is -0.0402. The predicted octanol–water partition coefficient (Wildman–Crippen LogP) is 3.59. The van der Waals surface area contributed by atoms with Gasteiger partial charge in [-0.15, -0.1) is 0 Å². The zero-order valence-electron chi connectivity index (χ0n) is 14.6. The zero-order valence-corrected chi connectivity index (χ0v) is 14.6. The summed E-state index contributed by atoms with van der Waals surface area (Å²) in [6.07, 6.45) is 7.94. The first-order valence-corrected chi connectivity index (χ1v) is 8.71. The fourth-order valence-electron chi connectivity index (χ4n) is 3.12. The summed E-state index contributed by atoms with van der Waals surface area (Å²) in [5.41, 5.74) is 4.28. The van der Waals surface area contributed by atoms with Crippen LogP contribution >= 0.6 is 0 Å². The molecule has 0 amide bonds. The van der Waals surface area contributed by atoms with Crippen LogP contribution in [-0.4, -0.2) is 35.2 Å². The van der Waals surface area contributed by atoms with E-state index >= 15 is 0 Å². The van der Waals surface area contributed by atoms with Gasteiger partial charge in [0.15, 0.2) is 17.8 Å². The maximum Gasteiger partial charge on any atom is 0.200 e. The number of ether oxygens (including phenoxy) is 3. The maximum absolute atomic E-state index is 6.00. The summed E-state index contributed by atoms with van der Waals surface area (Å²) in [6.45, 7) is 0.739. The SMILES string of the molecule is COc1ccc(-c2[nH]ncc2Cc2ccncc2)cc1OC1CCCO1. The van der Waals surface area contributed by atoms with E-state index in [-0.39, 0.29) is 6.29 Å². The Morgan fingerprint density at radius 1 is 1.19 bits per heavy atom. The number of hydrogen-bond acceptors (Lipinski definition) is 5. The van der Waals surface area contributed by atoms with Crippen molar-refractivity contribution in [3.8, 4) is 22.8 Å². The normalized spacial score (nSPS) is 16.6. The molecule has 0 aliphatic carbocycles. The van der Waals surface area contributed by atoms with E-state index in [9.17, 15) is 0 Å². The van der Waals surface area contributed by atoms with Crippen molar-refractivity contribution in [2.75, 3.05) is 13.7 Å². The molecule has 1 aliphatic heterocycles. The molecule has 0 radical (unpaired) electrons. The lowest BCUT2D eigenvalue weighted by Gasteiger charge is -2.16. The van der Waals surface area contributed by atoms with Gasteiger partial charge in [0.25, 0.3) is 0 Å². The van der Waals surface area contributed by atoms with E-state index in [2.05, 4.69) is 15.2 Å². The second-order valence-electron chi connectivity index (χ2n) is 6.23. The van der Waals surface area contributed by atoms with Crippen LogP contribution in [0, 0.1) is 0 Å². The summed E-state index contributed by atoms with van der Waals surface area (Å²) in [5.74, 6) is 1.38. The number of methoxy groups -OCH3 is 1. The predicted molar refractivity (Wildman–Crippen MR) is 97.2 cm³/mol. The molecule has 2 aromatic heterocycles. The first kappa shape index (κ1) is 16.6. The van der Waals surface area contributed by atoms with Crippen LogP contribution in [0.5, 0.6) is 11.5 Å². The van der Waals surface area contributed by atoms with Crippen LogP contribution in [0.1, 0.15) is 24.0 Å². The third-order valence-corrected chi connectivity index (χ3v) is 4.46. The number of aromatic amines is 1. The number of nitrogens with one attached hydrogen (secondary N) is 1. The van der Waals surface area contributed by atoms with Crippen molar-refractivity contribution >= 4 is 0 Å². The van der Waals surface area contributed by atoms with Crippen LogP contribution in [0.25, 0.3) is 11.3 Å². The average Bonchev–Trinajstić information content (AvgIpc) is 3.35. The number of aromatic nitrogens is 3. The Balaban J connectivity index is 1.62. The van der Waals surface area contributed by atoms with Gasteiger partial charge in [0, 0.05) is 36.4 Å². The number of hydrogen-bond donors (Lipinski definition) is 1. The number of nitrogens with zero attached hydrogens (tertiary/aromatic N) is 2. The summed E-state index contributed by atoms with van der Waals surface area (Å²) in [4.78, 5) is 4.07. The van der Waals surface area contributed by atoms with Gasteiger partial charge in [-0.3, -0.25) is 10.1 Å². The fourth-order valence-corrected chi connectivity index (χ4v) is 3.12. The molecule has 1 aliphatic rings. The summed E-state index contributed by atoms with van der Waals surface area (Å²) in [6, 6.07) is 9.92. The fraction of sp³-hybridized carbons (Fsp3) is 0.300. The van der Waals surface area contributed by atoms with Gasteiger partial charge in [0.2, 0.25) is 0 Å². The Morgan fingerprint density at radius 3 is 2.85 bits per heavy atom. The largest absolute Gasteiger partial charge is 0.493 e. The Bertz CT molecular complexity index is 858. The standard InChI is InChI=1S/C20H21N3O3/c1-24-17-5-4-15(12-18(17)26-19-3-2-10-25-19)20-16(13-22-23-20)11-14-6-8-21-9-7-14/h4-9,12-13,19H,2-3,10-11H2,1H3,(H,22,23). The summed E-state index contributed by atoms with van der Waals surface area (Å²) >= 11 is 0. The summed E-state index contributed by atoms with van der Waals surface area (Å²) in [5, 5.41) is 7.34. The number of rotatable bonds is 6. The molecule has 0 bridgehead atoms. The van der Waals surface area contributed by atoms with Crippen LogP contribution in [0.4, 0.5) is 0 Å².